The molecule has 0 saturated carbocycles. The molecule has 1 atom stereocenters. The highest BCUT2D eigenvalue weighted by Gasteiger charge is 2.47. The molecule has 4 aromatic rings. The lowest BCUT2D eigenvalue weighted by Gasteiger charge is -2.51. The fourth-order valence-corrected chi connectivity index (χ4v) is 7.25. The third-order valence-corrected chi connectivity index (χ3v) is 10.1. The van der Waals surface area contributed by atoms with Gasteiger partial charge in [0.15, 0.2) is 0 Å². The van der Waals surface area contributed by atoms with Gasteiger partial charge in [0.1, 0.15) is 28.1 Å². The number of amides is 2. The number of carboxylic acid groups (broad SMARTS) is 1. The zero-order valence-electron chi connectivity index (χ0n) is 24.2. The van der Waals surface area contributed by atoms with Crippen molar-refractivity contribution in [3.05, 3.63) is 82.5 Å². The van der Waals surface area contributed by atoms with Crippen molar-refractivity contribution in [2.24, 2.45) is 16.6 Å². The third-order valence-electron chi connectivity index (χ3n) is 8.59. The van der Waals surface area contributed by atoms with E-state index in [2.05, 4.69) is 38.4 Å². The number of thiophene rings is 1. The molecule has 42 heavy (non-hydrogen) atoms. The molecule has 2 aromatic heterocycles. The van der Waals surface area contributed by atoms with Gasteiger partial charge in [-0.3, -0.25) is 9.36 Å². The number of likely N-dealkylation sites (tertiary alicyclic amines) is 1. The average Bonchev–Trinajstić information content (AvgIpc) is 3.56. The Hall–Kier alpha value is -3.82. The Bertz CT molecular complexity index is 1680. The number of fused-ring (bicyclic) bond motifs is 1. The summed E-state index contributed by atoms with van der Waals surface area (Å²) in [4.78, 5) is 30.4. The summed E-state index contributed by atoms with van der Waals surface area (Å²) in [5.41, 5.74) is 9.73. The lowest BCUT2D eigenvalue weighted by Crippen LogP contribution is -2.48. The molecule has 3 N–H and O–H groups in total. The number of halogens is 1. The van der Waals surface area contributed by atoms with Crippen LogP contribution in [0.2, 0.25) is 5.02 Å². The molecule has 0 radical (unpaired) electrons. The minimum Gasteiger partial charge on any atom is -0.484 e. The monoisotopic (exact) mass is 606 g/mol. The number of benzene rings is 2. The lowest BCUT2D eigenvalue weighted by atomic mass is 9.57. The van der Waals surface area contributed by atoms with Crippen LogP contribution < -0.4 is 10.5 Å². The van der Waals surface area contributed by atoms with Crippen LogP contribution in [0.15, 0.2) is 61.4 Å². The van der Waals surface area contributed by atoms with Crippen LogP contribution in [0.4, 0.5) is 4.79 Å². The van der Waals surface area contributed by atoms with E-state index in [0.29, 0.717) is 41.6 Å². The number of primary amides is 1. The van der Waals surface area contributed by atoms with E-state index in [0.717, 1.165) is 32.7 Å². The minimum absolute atomic E-state index is 0.140. The van der Waals surface area contributed by atoms with Gasteiger partial charge < -0.3 is 20.5 Å². The van der Waals surface area contributed by atoms with Crippen molar-refractivity contribution >= 4 is 51.5 Å². The van der Waals surface area contributed by atoms with E-state index >= 15 is 0 Å². The second-order valence-corrected chi connectivity index (χ2v) is 13.3. The van der Waals surface area contributed by atoms with Gasteiger partial charge in [0, 0.05) is 35.2 Å². The van der Waals surface area contributed by atoms with Crippen LogP contribution in [0.3, 0.4) is 0 Å². The molecule has 8 nitrogen and oxygen atoms in total. The van der Waals surface area contributed by atoms with Gasteiger partial charge in [-0.05, 0) is 54.5 Å². The van der Waals surface area contributed by atoms with Crippen LogP contribution in [0.1, 0.15) is 67.4 Å². The molecule has 5 rings (SSSR count). The third kappa shape index (κ3) is 5.27. The van der Waals surface area contributed by atoms with Crippen LogP contribution >= 0.6 is 22.9 Å². The molecule has 3 heterocycles. The number of imidazole rings is 1. The summed E-state index contributed by atoms with van der Waals surface area (Å²) in [6.07, 6.45) is 1.81. The summed E-state index contributed by atoms with van der Waals surface area (Å²) in [7, 11) is 0. The molecular formula is C32H35ClN4O4S. The Labute approximate surface area is 254 Å². The van der Waals surface area contributed by atoms with E-state index in [-0.39, 0.29) is 10.8 Å². The fraction of sp³-hybridized carbons (Fsp3) is 0.344. The second-order valence-electron chi connectivity index (χ2n) is 11.8. The first-order chi connectivity index (χ1) is 19.8. The molecule has 0 spiro atoms. The molecule has 2 aromatic carbocycles. The van der Waals surface area contributed by atoms with E-state index in [4.69, 9.17) is 22.1 Å². The molecule has 0 aliphatic carbocycles. The summed E-state index contributed by atoms with van der Waals surface area (Å²) in [5.74, 6) is -0.194. The molecule has 0 unspecified atom stereocenters. The number of hydrogen-bond donors (Lipinski definition) is 2. The van der Waals surface area contributed by atoms with Crippen LogP contribution in [0.5, 0.6) is 5.75 Å². The Balaban J connectivity index is 1.51. The number of carbonyl (C=O) groups excluding carboxylic acids is 1. The molecular weight excluding hydrogens is 572 g/mol. The Kier molecular flexibility index (Phi) is 7.85. The fourth-order valence-electron chi connectivity index (χ4n) is 6.03. The molecule has 2 amide bonds. The van der Waals surface area contributed by atoms with Crippen LogP contribution in [0, 0.1) is 10.8 Å². The molecule has 1 aliphatic rings. The number of hydrogen-bond acceptors (Lipinski definition) is 5. The maximum atomic E-state index is 12.4. The van der Waals surface area contributed by atoms with Crippen LogP contribution in [-0.4, -0.2) is 44.6 Å². The van der Waals surface area contributed by atoms with Gasteiger partial charge in [-0.1, -0.05) is 63.2 Å². The summed E-state index contributed by atoms with van der Waals surface area (Å²) in [5, 5.41) is 10.8. The molecule has 1 fully saturated rings. The predicted molar refractivity (Wildman–Crippen MR) is 168 cm³/mol. The highest BCUT2D eigenvalue weighted by Crippen LogP contribution is 2.55. The summed E-state index contributed by atoms with van der Waals surface area (Å²) in [6, 6.07) is 15.3. The van der Waals surface area contributed by atoms with E-state index < -0.39 is 18.1 Å². The highest BCUT2D eigenvalue weighted by atomic mass is 35.5. The number of allylic oxidation sites excluding steroid dienone is 1. The summed E-state index contributed by atoms with van der Waals surface area (Å²) in [6.45, 7) is 14.0. The minimum atomic E-state index is -0.885. The van der Waals surface area contributed by atoms with Crippen molar-refractivity contribution in [1.29, 1.82) is 0 Å². The average molecular weight is 607 g/mol. The zero-order chi connectivity index (χ0) is 30.4. The first-order valence-electron chi connectivity index (χ1n) is 13.8. The molecule has 1 saturated heterocycles. The van der Waals surface area contributed by atoms with E-state index in [1.165, 1.54) is 16.2 Å². The van der Waals surface area contributed by atoms with Crippen molar-refractivity contribution in [3.8, 4) is 10.8 Å². The van der Waals surface area contributed by atoms with Gasteiger partial charge in [0.2, 0.25) is 0 Å². The molecule has 220 valence electrons. The Morgan fingerprint density at radius 1 is 1.17 bits per heavy atom. The van der Waals surface area contributed by atoms with Gasteiger partial charge >= 0.3 is 6.09 Å². The predicted octanol–water partition coefficient (Wildman–Crippen LogP) is 7.80. The maximum absolute atomic E-state index is 12.4. The number of nitrogens with two attached hydrogens (primary N) is 1. The first-order valence-corrected chi connectivity index (χ1v) is 15.0. The second kappa shape index (κ2) is 11.1. The summed E-state index contributed by atoms with van der Waals surface area (Å²) >= 11 is 7.61. The molecule has 0 bridgehead atoms. The number of ether oxygens (including phenoxy) is 1. The Morgan fingerprint density at radius 2 is 1.86 bits per heavy atom. The van der Waals surface area contributed by atoms with Gasteiger partial charge in [-0.2, -0.15) is 0 Å². The van der Waals surface area contributed by atoms with Gasteiger partial charge in [0.05, 0.1) is 11.0 Å². The van der Waals surface area contributed by atoms with Crippen LogP contribution in [-0.2, 0) is 0 Å². The van der Waals surface area contributed by atoms with Gasteiger partial charge in [-0.25, -0.2) is 9.78 Å². The smallest absolute Gasteiger partial charge is 0.407 e. The van der Waals surface area contributed by atoms with Crippen LogP contribution in [0.25, 0.3) is 21.6 Å². The van der Waals surface area contributed by atoms with Crippen molar-refractivity contribution in [2.45, 2.75) is 46.6 Å². The topological polar surface area (TPSA) is 111 Å². The quantitative estimate of drug-likeness (QED) is 0.223. The maximum Gasteiger partial charge on any atom is 0.407 e. The zero-order valence-corrected chi connectivity index (χ0v) is 25.8. The number of rotatable bonds is 7. The largest absolute Gasteiger partial charge is 0.484 e. The standard InChI is InChI=1S/C32H35ClN4O4S/c1-19(32(31(3,4)5)12-14-36(15-13-32)30(39)40)21-10-11-24-25(16-21)37(18-35-24)27-17-26(28(42-27)29(34)38)41-20(2)22-8-6-7-9-23(22)33/h6-11,16-18,20H,1,12-15H2,2-5H3,(H2,34,38)(H,39,40)/t20-/m1/s1. The number of carbonyl (C=O) groups is 2. The van der Waals surface area contributed by atoms with Gasteiger partial charge in [0.25, 0.3) is 5.91 Å². The van der Waals surface area contributed by atoms with Crippen molar-refractivity contribution in [3.63, 3.8) is 0 Å². The number of nitrogens with zero attached hydrogens (tertiary/aromatic N) is 3. The number of aromatic nitrogens is 2. The Morgan fingerprint density at radius 3 is 2.48 bits per heavy atom. The molecule has 10 heteroatoms. The highest BCUT2D eigenvalue weighted by molar-refractivity contribution is 7.16. The van der Waals surface area contributed by atoms with E-state index in [1.807, 2.05) is 41.8 Å². The van der Waals surface area contributed by atoms with Gasteiger partial charge in [-0.15, -0.1) is 11.3 Å². The van der Waals surface area contributed by atoms with Crippen molar-refractivity contribution in [2.75, 3.05) is 13.1 Å². The summed E-state index contributed by atoms with van der Waals surface area (Å²) < 4.78 is 8.14. The van der Waals surface area contributed by atoms with E-state index in [9.17, 15) is 14.7 Å². The normalized spacial score (nSPS) is 15.9. The van der Waals surface area contributed by atoms with E-state index in [1.54, 1.807) is 18.5 Å². The SMILES string of the molecule is C=C(c1ccc2ncn(-c3cc(O[C@H](C)c4ccccc4Cl)c(C(N)=O)s3)c2c1)C1(C(C)(C)C)CCN(C(=O)O)CC1. The van der Waals surface area contributed by atoms with Crippen molar-refractivity contribution in [1.82, 2.24) is 14.5 Å². The first kappa shape index (κ1) is 29.7. The molecule has 1 aliphatic heterocycles. The number of piperidine rings is 1. The lowest BCUT2D eigenvalue weighted by molar-refractivity contribution is 0.0558. The van der Waals surface area contributed by atoms with Crippen molar-refractivity contribution < 1.29 is 19.4 Å².